The summed E-state index contributed by atoms with van der Waals surface area (Å²) in [5, 5.41) is 11.6. The smallest absolute Gasteiger partial charge is 0.136 e. The molecule has 2 aromatic rings. The van der Waals surface area contributed by atoms with Crippen LogP contribution in [0.3, 0.4) is 0 Å². The van der Waals surface area contributed by atoms with Crippen LogP contribution in [0.2, 0.25) is 0 Å². The molecule has 94 valence electrons. The quantitative estimate of drug-likeness (QED) is 0.895. The maximum absolute atomic E-state index is 9.32. The molecule has 1 fully saturated rings. The fraction of sp³-hybridized carbons (Fsp3) is 0.400. The van der Waals surface area contributed by atoms with Crippen LogP contribution in [-0.4, -0.2) is 23.7 Å². The van der Waals surface area contributed by atoms with Crippen molar-refractivity contribution in [3.63, 3.8) is 0 Å². The van der Waals surface area contributed by atoms with E-state index >= 15 is 0 Å². The third-order valence-electron chi connectivity index (χ3n) is 3.53. The fourth-order valence-corrected chi connectivity index (χ4v) is 2.38. The Kier molecular flexibility index (Phi) is 2.92. The van der Waals surface area contributed by atoms with E-state index in [-0.39, 0.29) is 6.61 Å². The SMILES string of the molecule is CN(CC1CC1)c1nc(CO)cc2ccccc12. The van der Waals surface area contributed by atoms with Crippen LogP contribution in [0.4, 0.5) is 5.82 Å². The van der Waals surface area contributed by atoms with Gasteiger partial charge < -0.3 is 10.0 Å². The Labute approximate surface area is 107 Å². The Morgan fingerprint density at radius 3 is 2.83 bits per heavy atom. The molecule has 1 N–H and O–H groups in total. The summed E-state index contributed by atoms with van der Waals surface area (Å²) in [6.45, 7) is 1.06. The number of aliphatic hydroxyl groups excluding tert-OH is 1. The summed E-state index contributed by atoms with van der Waals surface area (Å²) >= 11 is 0. The highest BCUT2D eigenvalue weighted by Crippen LogP contribution is 2.32. The first-order valence-corrected chi connectivity index (χ1v) is 6.48. The first-order chi connectivity index (χ1) is 8.78. The Hall–Kier alpha value is -1.61. The normalized spacial score (nSPS) is 15.0. The van der Waals surface area contributed by atoms with E-state index in [4.69, 9.17) is 0 Å². The standard InChI is InChI=1S/C15H18N2O/c1-17(9-11-6-7-11)15-14-5-3-2-4-12(14)8-13(10-18)16-15/h2-5,8,11,18H,6-7,9-10H2,1H3. The molecule has 0 atom stereocenters. The van der Waals surface area contributed by atoms with Crippen molar-refractivity contribution in [2.75, 3.05) is 18.5 Å². The van der Waals surface area contributed by atoms with Gasteiger partial charge in [-0.1, -0.05) is 24.3 Å². The molecule has 1 aliphatic carbocycles. The van der Waals surface area contributed by atoms with Crippen LogP contribution < -0.4 is 4.90 Å². The van der Waals surface area contributed by atoms with Crippen LogP contribution in [0.15, 0.2) is 30.3 Å². The molecule has 0 amide bonds. The van der Waals surface area contributed by atoms with Gasteiger partial charge in [0.05, 0.1) is 12.3 Å². The molecule has 0 saturated heterocycles. The Morgan fingerprint density at radius 1 is 1.33 bits per heavy atom. The van der Waals surface area contributed by atoms with Gasteiger partial charge in [-0.05, 0) is 30.2 Å². The lowest BCUT2D eigenvalue weighted by atomic mass is 10.1. The fourth-order valence-electron chi connectivity index (χ4n) is 2.38. The highest BCUT2D eigenvalue weighted by molar-refractivity contribution is 5.92. The zero-order valence-corrected chi connectivity index (χ0v) is 10.6. The lowest BCUT2D eigenvalue weighted by Gasteiger charge is -2.20. The van der Waals surface area contributed by atoms with E-state index in [0.717, 1.165) is 34.7 Å². The van der Waals surface area contributed by atoms with Gasteiger partial charge in [-0.15, -0.1) is 0 Å². The van der Waals surface area contributed by atoms with Gasteiger partial charge in [0, 0.05) is 19.0 Å². The van der Waals surface area contributed by atoms with E-state index in [1.807, 2.05) is 18.2 Å². The molecule has 0 unspecified atom stereocenters. The number of pyridine rings is 1. The van der Waals surface area contributed by atoms with Crippen LogP contribution in [0, 0.1) is 5.92 Å². The molecule has 0 aliphatic heterocycles. The number of hydrogen-bond acceptors (Lipinski definition) is 3. The Bertz CT molecular complexity index is 563. The van der Waals surface area contributed by atoms with Crippen molar-refractivity contribution in [1.82, 2.24) is 4.98 Å². The maximum atomic E-state index is 9.32. The largest absolute Gasteiger partial charge is 0.390 e. The molecule has 0 spiro atoms. The topological polar surface area (TPSA) is 36.4 Å². The van der Waals surface area contributed by atoms with E-state index in [9.17, 15) is 5.11 Å². The number of benzene rings is 1. The summed E-state index contributed by atoms with van der Waals surface area (Å²) in [4.78, 5) is 6.80. The summed E-state index contributed by atoms with van der Waals surface area (Å²) in [5.74, 6) is 1.82. The number of aromatic nitrogens is 1. The molecule has 1 saturated carbocycles. The lowest BCUT2D eigenvalue weighted by Crippen LogP contribution is -2.21. The maximum Gasteiger partial charge on any atom is 0.136 e. The van der Waals surface area contributed by atoms with E-state index in [1.165, 1.54) is 12.8 Å². The third kappa shape index (κ3) is 2.18. The van der Waals surface area contributed by atoms with Gasteiger partial charge in [0.1, 0.15) is 5.82 Å². The highest BCUT2D eigenvalue weighted by atomic mass is 16.3. The second-order valence-corrected chi connectivity index (χ2v) is 5.14. The summed E-state index contributed by atoms with van der Waals surface area (Å²) in [6, 6.07) is 10.2. The van der Waals surface area contributed by atoms with Gasteiger partial charge >= 0.3 is 0 Å². The second kappa shape index (κ2) is 4.58. The predicted molar refractivity (Wildman–Crippen MR) is 73.7 cm³/mol. The van der Waals surface area contributed by atoms with Crippen LogP contribution >= 0.6 is 0 Å². The van der Waals surface area contributed by atoms with Gasteiger partial charge in [0.25, 0.3) is 0 Å². The van der Waals surface area contributed by atoms with Crippen molar-refractivity contribution in [3.8, 4) is 0 Å². The van der Waals surface area contributed by atoms with Gasteiger partial charge in [-0.3, -0.25) is 0 Å². The molecule has 1 aliphatic rings. The molecule has 0 radical (unpaired) electrons. The van der Waals surface area contributed by atoms with Crippen molar-refractivity contribution < 1.29 is 5.11 Å². The van der Waals surface area contributed by atoms with Crippen LogP contribution in [0.1, 0.15) is 18.5 Å². The molecule has 3 rings (SSSR count). The average molecular weight is 242 g/mol. The van der Waals surface area contributed by atoms with Crippen molar-refractivity contribution in [2.45, 2.75) is 19.4 Å². The number of fused-ring (bicyclic) bond motifs is 1. The van der Waals surface area contributed by atoms with Crippen LogP contribution in [0.25, 0.3) is 10.8 Å². The van der Waals surface area contributed by atoms with Crippen molar-refractivity contribution in [3.05, 3.63) is 36.0 Å². The molecule has 1 aromatic heterocycles. The lowest BCUT2D eigenvalue weighted by molar-refractivity contribution is 0.277. The molecule has 3 heteroatoms. The van der Waals surface area contributed by atoms with Crippen molar-refractivity contribution >= 4 is 16.6 Å². The first-order valence-electron chi connectivity index (χ1n) is 6.48. The highest BCUT2D eigenvalue weighted by Gasteiger charge is 2.24. The van der Waals surface area contributed by atoms with Gasteiger partial charge in [0.2, 0.25) is 0 Å². The van der Waals surface area contributed by atoms with E-state index in [1.54, 1.807) is 0 Å². The number of anilines is 1. The molecule has 0 bridgehead atoms. The van der Waals surface area contributed by atoms with Crippen LogP contribution in [0.5, 0.6) is 0 Å². The van der Waals surface area contributed by atoms with Crippen LogP contribution in [-0.2, 0) is 6.61 Å². The summed E-state index contributed by atoms with van der Waals surface area (Å²) in [6.07, 6.45) is 2.67. The minimum absolute atomic E-state index is 0.00486. The number of aliphatic hydroxyl groups is 1. The zero-order valence-electron chi connectivity index (χ0n) is 10.6. The molecule has 1 aromatic carbocycles. The van der Waals surface area contributed by atoms with Gasteiger partial charge in [-0.2, -0.15) is 0 Å². The molecule has 1 heterocycles. The summed E-state index contributed by atoms with van der Waals surface area (Å²) in [5.41, 5.74) is 0.742. The Balaban J connectivity index is 2.06. The molecule has 18 heavy (non-hydrogen) atoms. The minimum Gasteiger partial charge on any atom is -0.390 e. The van der Waals surface area contributed by atoms with Gasteiger partial charge in [0.15, 0.2) is 0 Å². The predicted octanol–water partition coefficient (Wildman–Crippen LogP) is 2.57. The molecular formula is C15H18N2O. The monoisotopic (exact) mass is 242 g/mol. The number of hydrogen-bond donors (Lipinski definition) is 1. The van der Waals surface area contributed by atoms with Crippen molar-refractivity contribution in [1.29, 1.82) is 0 Å². The summed E-state index contributed by atoms with van der Waals surface area (Å²) in [7, 11) is 2.09. The summed E-state index contributed by atoms with van der Waals surface area (Å²) < 4.78 is 0. The number of nitrogens with zero attached hydrogens (tertiary/aromatic N) is 2. The van der Waals surface area contributed by atoms with E-state index in [2.05, 4.69) is 29.1 Å². The minimum atomic E-state index is -0.00486. The first kappa shape index (κ1) is 11.5. The zero-order chi connectivity index (χ0) is 12.5. The average Bonchev–Trinajstić information content (AvgIpc) is 3.21. The molecular weight excluding hydrogens is 224 g/mol. The van der Waals surface area contributed by atoms with E-state index in [0.29, 0.717) is 0 Å². The molecule has 3 nitrogen and oxygen atoms in total. The number of rotatable bonds is 4. The van der Waals surface area contributed by atoms with E-state index < -0.39 is 0 Å². The second-order valence-electron chi connectivity index (χ2n) is 5.14. The third-order valence-corrected chi connectivity index (χ3v) is 3.53. The Morgan fingerprint density at radius 2 is 2.11 bits per heavy atom. The van der Waals surface area contributed by atoms with Crippen molar-refractivity contribution in [2.24, 2.45) is 5.92 Å². The van der Waals surface area contributed by atoms with Gasteiger partial charge in [-0.25, -0.2) is 4.98 Å².